The van der Waals surface area contributed by atoms with Crippen molar-refractivity contribution in [1.82, 2.24) is 15.1 Å². The Balaban J connectivity index is 1.14. The van der Waals surface area contributed by atoms with Gasteiger partial charge in [0.05, 0.1) is 11.7 Å². The fourth-order valence-corrected chi connectivity index (χ4v) is 11.3. The molecular weight excluding hydrogens is 615 g/mol. The van der Waals surface area contributed by atoms with Gasteiger partial charge in [0.25, 0.3) is 11.8 Å². The molecule has 13 heteroatoms. The van der Waals surface area contributed by atoms with E-state index in [4.69, 9.17) is 0 Å². The van der Waals surface area contributed by atoms with Crippen LogP contribution in [0.1, 0.15) is 70.3 Å². The molecule has 4 amide bonds. The van der Waals surface area contributed by atoms with Crippen LogP contribution >= 0.6 is 0 Å². The average Bonchev–Trinajstić information content (AvgIpc) is 3.32. The predicted molar refractivity (Wildman–Crippen MR) is 159 cm³/mol. The summed E-state index contributed by atoms with van der Waals surface area (Å²) in [5.41, 5.74) is -0.972. The zero-order chi connectivity index (χ0) is 33.4. The third kappa shape index (κ3) is 4.39. The summed E-state index contributed by atoms with van der Waals surface area (Å²) in [5, 5.41) is 26.9. The van der Waals surface area contributed by atoms with Crippen LogP contribution in [0.5, 0.6) is 0 Å². The number of amides is 4. The van der Waals surface area contributed by atoms with Gasteiger partial charge in [-0.2, -0.15) is 18.4 Å². The van der Waals surface area contributed by atoms with Crippen LogP contribution in [0.4, 0.5) is 18.9 Å². The molecule has 0 spiro atoms. The SMILES string of the molecule is CC1(C)C2CN(C(=O)[C@@H](NC(=O)C(F)(F)F)C34C[C@@H]5C[C@H](CC(O)(C5)C3)C4)C(C(=O)N3C(=O)[C@H]4Nc5ccccc5[C@@H]4C[C@H]3C#N)C21. The predicted octanol–water partition coefficient (Wildman–Crippen LogP) is 3.08. The fraction of sp³-hybridized carbons (Fsp3) is 0.676. The number of benzene rings is 1. The molecule has 8 aliphatic rings. The normalized spacial score (nSPS) is 40.9. The second-order valence-electron chi connectivity index (χ2n) is 16.1. The lowest BCUT2D eigenvalue weighted by Crippen LogP contribution is -2.68. The maximum Gasteiger partial charge on any atom is 0.471 e. The summed E-state index contributed by atoms with van der Waals surface area (Å²) in [6.45, 7) is 3.98. The number of nitrogens with zero attached hydrogens (tertiary/aromatic N) is 3. The number of likely N-dealkylation sites (tertiary alicyclic amines) is 2. The van der Waals surface area contributed by atoms with E-state index in [0.29, 0.717) is 25.7 Å². The number of carbonyl (C=O) groups is 4. The van der Waals surface area contributed by atoms with Crippen LogP contribution in [0.25, 0.3) is 0 Å². The number of alkyl halides is 3. The van der Waals surface area contributed by atoms with Crippen LogP contribution in [-0.2, 0) is 19.2 Å². The number of hydrogen-bond donors (Lipinski definition) is 3. The molecule has 9 rings (SSSR count). The third-order valence-electron chi connectivity index (χ3n) is 13.0. The molecule has 9 atom stereocenters. The second kappa shape index (κ2) is 9.71. The fourth-order valence-electron chi connectivity index (χ4n) is 11.3. The lowest BCUT2D eigenvalue weighted by atomic mass is 9.46. The molecule has 10 nitrogen and oxygen atoms in total. The molecular formula is C34H38F3N5O5. The van der Waals surface area contributed by atoms with Crippen molar-refractivity contribution >= 4 is 29.3 Å². The van der Waals surface area contributed by atoms with Crippen molar-refractivity contribution < 1.29 is 37.5 Å². The summed E-state index contributed by atoms with van der Waals surface area (Å²) in [5.74, 6) is -5.14. The second-order valence-corrected chi connectivity index (χ2v) is 16.1. The number of fused-ring (bicyclic) bond motifs is 4. The minimum Gasteiger partial charge on any atom is -0.390 e. The lowest BCUT2D eigenvalue weighted by Gasteiger charge is -2.62. The number of para-hydroxylation sites is 1. The molecule has 1 aromatic rings. The van der Waals surface area contributed by atoms with Crippen molar-refractivity contribution in [3.8, 4) is 6.07 Å². The average molecular weight is 654 g/mol. The van der Waals surface area contributed by atoms with Gasteiger partial charge >= 0.3 is 12.1 Å². The zero-order valence-corrected chi connectivity index (χ0v) is 26.2. The largest absolute Gasteiger partial charge is 0.471 e. The molecule has 2 saturated heterocycles. The smallest absolute Gasteiger partial charge is 0.390 e. The number of nitrogens with one attached hydrogen (secondary N) is 2. The summed E-state index contributed by atoms with van der Waals surface area (Å²) >= 11 is 0. The topological polar surface area (TPSA) is 143 Å². The first kappa shape index (κ1) is 30.7. The lowest BCUT2D eigenvalue weighted by molar-refractivity contribution is -0.191. The van der Waals surface area contributed by atoms with Crippen LogP contribution < -0.4 is 10.6 Å². The van der Waals surface area contributed by atoms with E-state index < -0.39 is 65.0 Å². The van der Waals surface area contributed by atoms with Crippen LogP contribution in [0.15, 0.2) is 24.3 Å². The number of aliphatic hydroxyl groups is 1. The Bertz CT molecular complexity index is 1620. The van der Waals surface area contributed by atoms with Gasteiger partial charge in [0, 0.05) is 23.6 Å². The monoisotopic (exact) mass is 653 g/mol. The van der Waals surface area contributed by atoms with E-state index >= 15 is 0 Å². The van der Waals surface area contributed by atoms with E-state index in [1.807, 2.05) is 43.4 Å². The highest BCUT2D eigenvalue weighted by molar-refractivity contribution is 6.05. The number of rotatable bonds is 4. The van der Waals surface area contributed by atoms with Gasteiger partial charge in [0.15, 0.2) is 0 Å². The Morgan fingerprint density at radius 2 is 1.79 bits per heavy atom. The van der Waals surface area contributed by atoms with Gasteiger partial charge in [-0.1, -0.05) is 32.0 Å². The number of piperidine rings is 2. The van der Waals surface area contributed by atoms with Crippen molar-refractivity contribution in [3.05, 3.63) is 29.8 Å². The molecule has 250 valence electrons. The molecule has 3 aliphatic heterocycles. The Labute approximate surface area is 270 Å². The molecule has 1 aromatic carbocycles. The summed E-state index contributed by atoms with van der Waals surface area (Å²) < 4.78 is 41.2. The third-order valence-corrected chi connectivity index (χ3v) is 13.0. The highest BCUT2D eigenvalue weighted by Gasteiger charge is 2.72. The summed E-state index contributed by atoms with van der Waals surface area (Å²) in [4.78, 5) is 58.1. The number of nitriles is 1. The van der Waals surface area contributed by atoms with Crippen LogP contribution in [0.3, 0.4) is 0 Å². The maximum atomic E-state index is 14.7. The Morgan fingerprint density at radius 1 is 1.11 bits per heavy atom. The first-order valence-corrected chi connectivity index (χ1v) is 16.6. The van der Waals surface area contributed by atoms with E-state index in [1.54, 1.807) is 0 Å². The van der Waals surface area contributed by atoms with Gasteiger partial charge in [-0.05, 0) is 85.7 Å². The summed E-state index contributed by atoms with van der Waals surface area (Å²) in [6.07, 6.45) is -2.34. The van der Waals surface area contributed by atoms with Crippen molar-refractivity contribution in [2.24, 2.45) is 34.5 Å². The van der Waals surface area contributed by atoms with Crippen LogP contribution in [-0.4, -0.2) is 81.0 Å². The van der Waals surface area contributed by atoms with Gasteiger partial charge in [0.2, 0.25) is 5.91 Å². The molecule has 47 heavy (non-hydrogen) atoms. The van der Waals surface area contributed by atoms with Crippen LogP contribution in [0, 0.1) is 45.8 Å². The van der Waals surface area contributed by atoms with E-state index in [1.165, 1.54) is 4.90 Å². The minimum atomic E-state index is -5.25. The molecule has 3 heterocycles. The number of anilines is 1. The number of hydrogen-bond acceptors (Lipinski definition) is 7. The van der Waals surface area contributed by atoms with E-state index in [-0.39, 0.29) is 54.4 Å². The Hall–Kier alpha value is -3.66. The van der Waals surface area contributed by atoms with Gasteiger partial charge in [-0.25, -0.2) is 0 Å². The summed E-state index contributed by atoms with van der Waals surface area (Å²) in [6, 6.07) is 4.85. The molecule has 3 unspecified atom stereocenters. The van der Waals surface area contributed by atoms with Crippen LogP contribution in [0.2, 0.25) is 0 Å². The maximum absolute atomic E-state index is 14.7. The van der Waals surface area contributed by atoms with Crippen molar-refractivity contribution in [1.29, 1.82) is 5.26 Å². The van der Waals surface area contributed by atoms with E-state index in [2.05, 4.69) is 11.4 Å². The summed E-state index contributed by atoms with van der Waals surface area (Å²) in [7, 11) is 0. The van der Waals surface area contributed by atoms with Crippen molar-refractivity contribution in [3.63, 3.8) is 0 Å². The molecule has 0 aromatic heterocycles. The first-order chi connectivity index (χ1) is 22.1. The molecule has 7 fully saturated rings. The number of halogens is 3. The quantitative estimate of drug-likeness (QED) is 0.424. The molecule has 5 aliphatic carbocycles. The standard InChI is InChI=1S/C34H38F3N5O5/c1-31(2)21-14-41(29(45)26(40-30(46)34(35,36)37)32-9-16-7-17(10-32)12-33(47,11-16)15-32)25(23(21)31)28(44)42-18(13-38)8-20-19-5-3-4-6-22(19)39-24(20)27(42)43/h3-6,16-18,20-21,23-26,39,47H,7-12,14-15H2,1-2H3,(H,40,46)/t16-,17-,18-,20-,21?,23?,24-,25?,26+,32?,33?/m0/s1. The van der Waals surface area contributed by atoms with Crippen molar-refractivity contribution in [2.75, 3.05) is 11.9 Å². The van der Waals surface area contributed by atoms with Gasteiger partial charge in [0.1, 0.15) is 24.2 Å². The first-order valence-electron chi connectivity index (χ1n) is 16.6. The van der Waals surface area contributed by atoms with Gasteiger partial charge < -0.3 is 20.6 Å². The Kier molecular flexibility index (Phi) is 6.33. The molecule has 0 radical (unpaired) electrons. The highest BCUT2D eigenvalue weighted by Crippen LogP contribution is 2.67. The molecule has 5 saturated carbocycles. The number of carbonyl (C=O) groups excluding carboxylic acids is 4. The molecule has 4 bridgehead atoms. The highest BCUT2D eigenvalue weighted by atomic mass is 19.4. The van der Waals surface area contributed by atoms with E-state index in [9.17, 15) is 42.7 Å². The zero-order valence-electron chi connectivity index (χ0n) is 26.2. The number of imide groups is 1. The Morgan fingerprint density at radius 3 is 2.43 bits per heavy atom. The van der Waals surface area contributed by atoms with Gasteiger partial charge in [-0.3, -0.25) is 24.1 Å². The molecule has 3 N–H and O–H groups in total. The van der Waals surface area contributed by atoms with Gasteiger partial charge in [-0.15, -0.1) is 0 Å². The van der Waals surface area contributed by atoms with E-state index in [0.717, 1.165) is 22.6 Å². The van der Waals surface area contributed by atoms with Crippen molar-refractivity contribution in [2.45, 2.75) is 101 Å². The minimum absolute atomic E-state index is 0.0148.